The van der Waals surface area contributed by atoms with Gasteiger partial charge in [0.2, 0.25) is 0 Å². The van der Waals surface area contributed by atoms with Crippen LogP contribution in [0, 0.1) is 6.92 Å². The van der Waals surface area contributed by atoms with E-state index in [2.05, 4.69) is 97.9 Å². The molecule has 2 heteroatoms. The van der Waals surface area contributed by atoms with Crippen LogP contribution in [0.4, 0.5) is 0 Å². The van der Waals surface area contributed by atoms with Gasteiger partial charge in [0.15, 0.2) is 0 Å². The molecular formula is C20H21AuP+. The molecule has 0 aliphatic carbocycles. The Morgan fingerprint density at radius 3 is 0.955 bits per heavy atom. The Bertz CT molecular complexity index is 530. The van der Waals surface area contributed by atoms with E-state index < -0.39 is 7.92 Å². The van der Waals surface area contributed by atoms with Crippen molar-refractivity contribution in [1.82, 2.24) is 0 Å². The third kappa shape index (κ3) is 4.93. The maximum Gasteiger partial charge on any atom is 1.00 e. The van der Waals surface area contributed by atoms with E-state index in [1.807, 2.05) is 0 Å². The molecule has 0 amide bonds. The molecule has 3 aromatic rings. The van der Waals surface area contributed by atoms with Gasteiger partial charge in [-0.1, -0.05) is 54.6 Å². The van der Waals surface area contributed by atoms with Crippen LogP contribution in [0.5, 0.6) is 0 Å². The molecule has 0 saturated carbocycles. The van der Waals surface area contributed by atoms with E-state index in [1.165, 1.54) is 15.9 Å². The van der Waals surface area contributed by atoms with Gasteiger partial charge in [0, 0.05) is 0 Å². The summed E-state index contributed by atoms with van der Waals surface area (Å²) in [6, 6.07) is 32.5. The molecule has 3 aromatic carbocycles. The van der Waals surface area contributed by atoms with Gasteiger partial charge < -0.3 is 6.92 Å². The zero-order valence-corrected chi connectivity index (χ0v) is 15.8. The molecule has 0 heterocycles. The molecule has 0 bridgehead atoms. The Hall–Kier alpha value is -1.17. The van der Waals surface area contributed by atoms with Crippen molar-refractivity contribution in [1.29, 1.82) is 0 Å². The fraction of sp³-hybridized carbons (Fsp3) is 0.0500. The Morgan fingerprint density at radius 2 is 0.727 bits per heavy atom. The predicted octanol–water partition coefficient (Wildman–Crippen LogP) is 4.01. The summed E-state index contributed by atoms with van der Waals surface area (Å²) in [4.78, 5) is 0. The fourth-order valence-electron chi connectivity index (χ4n) is 2.31. The van der Waals surface area contributed by atoms with Crippen molar-refractivity contribution in [2.24, 2.45) is 0 Å². The third-order valence-electron chi connectivity index (χ3n) is 3.19. The topological polar surface area (TPSA) is 0 Å². The smallest absolute Gasteiger partial charge is 0.346 e. The second-order valence-electron chi connectivity index (χ2n) is 4.47. The molecule has 116 valence electrons. The molecule has 0 aliphatic rings. The van der Waals surface area contributed by atoms with Crippen LogP contribution in [0.15, 0.2) is 91.0 Å². The monoisotopic (exact) mass is 489 g/mol. The summed E-state index contributed by atoms with van der Waals surface area (Å²) in [7, 11) is -0.877. The molecule has 0 spiro atoms. The average molecular weight is 489 g/mol. The molecule has 0 aliphatic heterocycles. The Kier molecular flexibility index (Phi) is 9.04. The molecule has 0 saturated heterocycles. The summed E-state index contributed by atoms with van der Waals surface area (Å²) in [6.07, 6.45) is 0. The molecule has 0 aromatic heterocycles. The second kappa shape index (κ2) is 10.5. The van der Waals surface area contributed by atoms with Gasteiger partial charge in [0.1, 0.15) is 15.9 Å². The van der Waals surface area contributed by atoms with E-state index in [0.29, 0.717) is 0 Å². The van der Waals surface area contributed by atoms with E-state index >= 15 is 0 Å². The van der Waals surface area contributed by atoms with Gasteiger partial charge >= 0.3 is 22.4 Å². The number of rotatable bonds is 3. The first-order chi connectivity index (χ1) is 10.4. The van der Waals surface area contributed by atoms with Crippen molar-refractivity contribution in [3.8, 4) is 0 Å². The maximum absolute atomic E-state index is 3.25. The van der Waals surface area contributed by atoms with Gasteiger partial charge in [-0.3, -0.25) is 0 Å². The van der Waals surface area contributed by atoms with E-state index in [9.17, 15) is 0 Å². The van der Waals surface area contributed by atoms with Crippen LogP contribution in [-0.4, -0.2) is 0 Å². The minimum Gasteiger partial charge on any atom is -0.346 e. The zero-order chi connectivity index (χ0) is 14.9. The van der Waals surface area contributed by atoms with Crippen LogP contribution in [0.1, 0.15) is 6.92 Å². The van der Waals surface area contributed by atoms with Crippen molar-refractivity contribution in [2.75, 3.05) is 0 Å². The first-order valence-electron chi connectivity index (χ1n) is 7.19. The number of hydrogen-bond acceptors (Lipinski definition) is 0. The molecular weight excluding hydrogens is 468 g/mol. The van der Waals surface area contributed by atoms with Crippen molar-refractivity contribution in [3.05, 3.63) is 97.9 Å². The maximum atomic E-state index is 3.25. The SMILES string of the molecule is [Au+].[CH2-]C.c1ccc([PH+](c2ccccc2)c2ccccc2)cc1. The molecule has 0 nitrogen and oxygen atoms in total. The fourth-order valence-corrected chi connectivity index (χ4v) is 4.89. The summed E-state index contributed by atoms with van der Waals surface area (Å²) < 4.78 is 0. The molecule has 0 unspecified atom stereocenters. The summed E-state index contributed by atoms with van der Waals surface area (Å²) >= 11 is 0. The van der Waals surface area contributed by atoms with E-state index in [4.69, 9.17) is 0 Å². The van der Waals surface area contributed by atoms with Crippen LogP contribution in [-0.2, 0) is 22.4 Å². The predicted molar refractivity (Wildman–Crippen MR) is 97.6 cm³/mol. The summed E-state index contributed by atoms with van der Waals surface area (Å²) in [5.74, 6) is 0. The minimum absolute atomic E-state index is 0. The van der Waals surface area contributed by atoms with Crippen molar-refractivity contribution >= 4 is 23.8 Å². The van der Waals surface area contributed by atoms with Gasteiger partial charge in [0.05, 0.1) is 7.92 Å². The number of hydrogen-bond donors (Lipinski definition) is 0. The molecule has 0 atom stereocenters. The Morgan fingerprint density at radius 1 is 0.500 bits per heavy atom. The van der Waals surface area contributed by atoms with E-state index in [1.54, 1.807) is 6.92 Å². The van der Waals surface area contributed by atoms with Gasteiger partial charge in [-0.25, -0.2) is 0 Å². The normalized spacial score (nSPS) is 9.41. The second-order valence-corrected chi connectivity index (χ2v) is 6.96. The third-order valence-corrected chi connectivity index (χ3v) is 5.92. The first kappa shape index (κ1) is 18.9. The molecule has 0 radical (unpaired) electrons. The van der Waals surface area contributed by atoms with Crippen LogP contribution in [0.25, 0.3) is 0 Å². The Balaban J connectivity index is 0.000000775. The quantitative estimate of drug-likeness (QED) is 0.297. The molecule has 0 N–H and O–H groups in total. The van der Waals surface area contributed by atoms with Gasteiger partial charge in [0.25, 0.3) is 0 Å². The molecule has 0 fully saturated rings. The van der Waals surface area contributed by atoms with E-state index in [-0.39, 0.29) is 22.4 Å². The van der Waals surface area contributed by atoms with Crippen molar-refractivity contribution < 1.29 is 22.4 Å². The summed E-state index contributed by atoms with van der Waals surface area (Å²) in [6.45, 7) is 5.00. The van der Waals surface area contributed by atoms with Crippen LogP contribution in [0.2, 0.25) is 0 Å². The molecule has 3 rings (SSSR count). The summed E-state index contributed by atoms with van der Waals surface area (Å²) in [5, 5.41) is 4.31. The van der Waals surface area contributed by atoms with Crippen LogP contribution >= 0.6 is 7.92 Å². The van der Waals surface area contributed by atoms with Crippen molar-refractivity contribution in [2.45, 2.75) is 6.92 Å². The number of benzene rings is 3. The van der Waals surface area contributed by atoms with Crippen LogP contribution in [0.3, 0.4) is 0 Å². The largest absolute Gasteiger partial charge is 1.00 e. The van der Waals surface area contributed by atoms with Crippen LogP contribution < -0.4 is 15.9 Å². The Labute approximate surface area is 150 Å². The van der Waals surface area contributed by atoms with Gasteiger partial charge in [-0.15, -0.1) is 0 Å². The summed E-state index contributed by atoms with van der Waals surface area (Å²) in [5.41, 5.74) is 0. The minimum atomic E-state index is -0.877. The van der Waals surface area contributed by atoms with Gasteiger partial charge in [-0.05, 0) is 36.4 Å². The average Bonchev–Trinajstić information content (AvgIpc) is 2.60. The van der Waals surface area contributed by atoms with E-state index in [0.717, 1.165) is 0 Å². The van der Waals surface area contributed by atoms with Crippen molar-refractivity contribution in [3.63, 3.8) is 0 Å². The zero-order valence-electron chi connectivity index (χ0n) is 12.7. The standard InChI is InChI=1S/C18H15P.C2H5.Au/c1-4-10-16(11-5-1)19(17-12-6-2-7-13-17)18-14-8-3-9-15-18;1-2;/h1-15H;1H2,2H3;/q;-1;+1/p+1. The molecule has 22 heavy (non-hydrogen) atoms. The first-order valence-corrected chi connectivity index (χ1v) is 8.69. The van der Waals surface area contributed by atoms with Gasteiger partial charge in [-0.2, -0.15) is 6.92 Å².